The van der Waals surface area contributed by atoms with E-state index < -0.39 is 0 Å². The summed E-state index contributed by atoms with van der Waals surface area (Å²) in [6, 6.07) is 7.91. The van der Waals surface area contributed by atoms with Gasteiger partial charge in [-0.25, -0.2) is 0 Å². The van der Waals surface area contributed by atoms with E-state index in [0.29, 0.717) is 6.61 Å². The Morgan fingerprint density at radius 3 is 2.35 bits per heavy atom. The maximum Gasteiger partial charge on any atom is 0.239 e. The SMILES string of the molecule is CCOc1ccc(C(C)NC(C)C(=O)N(C)CC)cc1. The van der Waals surface area contributed by atoms with Gasteiger partial charge in [0.05, 0.1) is 12.6 Å². The lowest BCUT2D eigenvalue weighted by molar-refractivity contribution is -0.131. The molecule has 0 radical (unpaired) electrons. The summed E-state index contributed by atoms with van der Waals surface area (Å²) in [6.45, 7) is 9.30. The molecule has 1 amide bonds. The third-order valence-electron chi connectivity index (χ3n) is 3.41. The summed E-state index contributed by atoms with van der Waals surface area (Å²) >= 11 is 0. The van der Waals surface area contributed by atoms with Gasteiger partial charge in [0.25, 0.3) is 0 Å². The molecule has 1 rings (SSSR count). The number of ether oxygens (including phenoxy) is 1. The molecule has 0 fully saturated rings. The summed E-state index contributed by atoms with van der Waals surface area (Å²) in [7, 11) is 1.82. The number of carbonyl (C=O) groups is 1. The Bertz CT molecular complexity index is 417. The molecule has 4 heteroatoms. The van der Waals surface area contributed by atoms with Gasteiger partial charge in [-0.2, -0.15) is 0 Å². The van der Waals surface area contributed by atoms with Crippen molar-refractivity contribution in [3.63, 3.8) is 0 Å². The molecule has 2 atom stereocenters. The van der Waals surface area contributed by atoms with E-state index in [9.17, 15) is 4.79 Å². The van der Waals surface area contributed by atoms with Gasteiger partial charge >= 0.3 is 0 Å². The van der Waals surface area contributed by atoms with Crippen LogP contribution in [0.5, 0.6) is 5.75 Å². The van der Waals surface area contributed by atoms with Crippen LogP contribution in [0, 0.1) is 0 Å². The van der Waals surface area contributed by atoms with Gasteiger partial charge in [-0.1, -0.05) is 12.1 Å². The topological polar surface area (TPSA) is 41.6 Å². The highest BCUT2D eigenvalue weighted by molar-refractivity contribution is 5.81. The van der Waals surface area contributed by atoms with Crippen LogP contribution in [0.25, 0.3) is 0 Å². The van der Waals surface area contributed by atoms with Crippen LogP contribution in [0.3, 0.4) is 0 Å². The molecule has 0 saturated carbocycles. The second-order valence-electron chi connectivity index (χ2n) is 4.96. The zero-order valence-electron chi connectivity index (χ0n) is 13.1. The fourth-order valence-electron chi connectivity index (χ4n) is 2.05. The molecular weight excluding hydrogens is 252 g/mol. The van der Waals surface area contributed by atoms with E-state index in [2.05, 4.69) is 12.2 Å². The van der Waals surface area contributed by atoms with E-state index in [1.165, 1.54) is 0 Å². The Morgan fingerprint density at radius 2 is 1.85 bits per heavy atom. The van der Waals surface area contributed by atoms with Crippen LogP contribution < -0.4 is 10.1 Å². The van der Waals surface area contributed by atoms with Crippen molar-refractivity contribution in [1.82, 2.24) is 10.2 Å². The maximum atomic E-state index is 12.0. The lowest BCUT2D eigenvalue weighted by atomic mass is 10.1. The number of benzene rings is 1. The predicted molar refractivity (Wildman–Crippen MR) is 81.9 cm³/mol. The van der Waals surface area contributed by atoms with E-state index in [-0.39, 0.29) is 18.0 Å². The van der Waals surface area contributed by atoms with Gasteiger partial charge in [-0.05, 0) is 45.4 Å². The fourth-order valence-corrected chi connectivity index (χ4v) is 2.05. The zero-order chi connectivity index (χ0) is 15.1. The smallest absolute Gasteiger partial charge is 0.239 e. The number of hydrogen-bond donors (Lipinski definition) is 1. The van der Waals surface area contributed by atoms with Crippen LogP contribution in [0.15, 0.2) is 24.3 Å². The number of likely N-dealkylation sites (N-methyl/N-ethyl adjacent to an activating group) is 1. The molecule has 1 aromatic rings. The Morgan fingerprint density at radius 1 is 1.25 bits per heavy atom. The molecular formula is C16H26N2O2. The lowest BCUT2D eigenvalue weighted by Gasteiger charge is -2.24. The first kappa shape index (κ1) is 16.5. The minimum atomic E-state index is -0.193. The van der Waals surface area contributed by atoms with Crippen LogP contribution in [-0.4, -0.2) is 37.0 Å². The number of carbonyl (C=O) groups excluding carboxylic acids is 1. The van der Waals surface area contributed by atoms with Crippen molar-refractivity contribution in [2.24, 2.45) is 0 Å². The molecule has 112 valence electrons. The second-order valence-corrected chi connectivity index (χ2v) is 4.96. The van der Waals surface area contributed by atoms with Gasteiger partial charge < -0.3 is 9.64 Å². The Labute approximate surface area is 122 Å². The number of nitrogens with one attached hydrogen (secondary N) is 1. The third-order valence-corrected chi connectivity index (χ3v) is 3.41. The van der Waals surface area contributed by atoms with Crippen molar-refractivity contribution in [3.05, 3.63) is 29.8 Å². The minimum absolute atomic E-state index is 0.116. The molecule has 0 spiro atoms. The molecule has 0 heterocycles. The Kier molecular flexibility index (Phi) is 6.52. The second kappa shape index (κ2) is 7.90. The van der Waals surface area contributed by atoms with Gasteiger partial charge in [0, 0.05) is 19.6 Å². The van der Waals surface area contributed by atoms with E-state index in [1.54, 1.807) is 4.90 Å². The predicted octanol–water partition coefficient (Wildman–Crippen LogP) is 2.60. The Hall–Kier alpha value is -1.55. The zero-order valence-corrected chi connectivity index (χ0v) is 13.1. The van der Waals surface area contributed by atoms with E-state index in [4.69, 9.17) is 4.74 Å². The van der Waals surface area contributed by atoms with E-state index in [0.717, 1.165) is 17.9 Å². The standard InChI is InChI=1S/C16H26N2O2/c1-6-18(5)16(19)13(4)17-12(3)14-8-10-15(11-9-14)20-7-2/h8-13,17H,6-7H2,1-5H3. The number of nitrogens with zero attached hydrogens (tertiary/aromatic N) is 1. The van der Waals surface area contributed by atoms with Crippen molar-refractivity contribution >= 4 is 5.91 Å². The van der Waals surface area contributed by atoms with Crippen molar-refractivity contribution in [2.45, 2.75) is 39.8 Å². The molecule has 2 unspecified atom stereocenters. The van der Waals surface area contributed by atoms with Crippen LogP contribution in [0.4, 0.5) is 0 Å². The average Bonchev–Trinajstić information content (AvgIpc) is 2.46. The first-order valence-electron chi connectivity index (χ1n) is 7.23. The molecule has 0 aliphatic carbocycles. The lowest BCUT2D eigenvalue weighted by Crippen LogP contribution is -2.43. The van der Waals surface area contributed by atoms with E-state index in [1.807, 2.05) is 52.1 Å². The van der Waals surface area contributed by atoms with Crippen LogP contribution in [-0.2, 0) is 4.79 Å². The molecule has 0 bridgehead atoms. The molecule has 0 saturated heterocycles. The highest BCUT2D eigenvalue weighted by Crippen LogP contribution is 2.18. The maximum absolute atomic E-state index is 12.0. The molecule has 0 aliphatic heterocycles. The molecule has 0 aliphatic rings. The number of rotatable bonds is 7. The molecule has 1 N–H and O–H groups in total. The average molecular weight is 278 g/mol. The highest BCUT2D eigenvalue weighted by Gasteiger charge is 2.18. The first-order chi connectivity index (χ1) is 9.49. The fraction of sp³-hybridized carbons (Fsp3) is 0.562. The van der Waals surface area contributed by atoms with Crippen LogP contribution in [0.2, 0.25) is 0 Å². The van der Waals surface area contributed by atoms with Crippen LogP contribution >= 0.6 is 0 Å². The summed E-state index contributed by atoms with van der Waals surface area (Å²) in [4.78, 5) is 13.7. The van der Waals surface area contributed by atoms with Crippen molar-refractivity contribution in [1.29, 1.82) is 0 Å². The Balaban J connectivity index is 2.61. The van der Waals surface area contributed by atoms with Crippen molar-refractivity contribution in [2.75, 3.05) is 20.2 Å². The molecule has 1 aromatic carbocycles. The normalized spacial score (nSPS) is 13.7. The number of hydrogen-bond acceptors (Lipinski definition) is 3. The van der Waals surface area contributed by atoms with Gasteiger partial charge in [0.1, 0.15) is 5.75 Å². The first-order valence-corrected chi connectivity index (χ1v) is 7.23. The van der Waals surface area contributed by atoms with Crippen molar-refractivity contribution in [3.8, 4) is 5.75 Å². The minimum Gasteiger partial charge on any atom is -0.494 e. The summed E-state index contributed by atoms with van der Waals surface area (Å²) in [5.41, 5.74) is 1.15. The van der Waals surface area contributed by atoms with Gasteiger partial charge in [0.2, 0.25) is 5.91 Å². The van der Waals surface area contributed by atoms with Gasteiger partial charge in [-0.15, -0.1) is 0 Å². The molecule has 20 heavy (non-hydrogen) atoms. The summed E-state index contributed by atoms with van der Waals surface area (Å²) in [6.07, 6.45) is 0. The number of amides is 1. The largest absolute Gasteiger partial charge is 0.494 e. The highest BCUT2D eigenvalue weighted by atomic mass is 16.5. The third kappa shape index (κ3) is 4.53. The monoisotopic (exact) mass is 278 g/mol. The van der Waals surface area contributed by atoms with Gasteiger partial charge in [0.15, 0.2) is 0 Å². The summed E-state index contributed by atoms with van der Waals surface area (Å²) in [5.74, 6) is 0.989. The summed E-state index contributed by atoms with van der Waals surface area (Å²) < 4.78 is 5.42. The molecule has 4 nitrogen and oxygen atoms in total. The van der Waals surface area contributed by atoms with Crippen LogP contribution in [0.1, 0.15) is 39.3 Å². The van der Waals surface area contributed by atoms with Gasteiger partial charge in [-0.3, -0.25) is 10.1 Å². The molecule has 0 aromatic heterocycles. The van der Waals surface area contributed by atoms with Crippen molar-refractivity contribution < 1.29 is 9.53 Å². The van der Waals surface area contributed by atoms with E-state index >= 15 is 0 Å². The quantitative estimate of drug-likeness (QED) is 0.833. The summed E-state index contributed by atoms with van der Waals surface area (Å²) in [5, 5.41) is 3.33.